The molecule has 1 aromatic rings. The van der Waals surface area contributed by atoms with E-state index in [0.717, 1.165) is 11.4 Å². The second kappa shape index (κ2) is 8.71. The predicted molar refractivity (Wildman–Crippen MR) is 74.8 cm³/mol. The molecule has 1 aromatic carbocycles. The summed E-state index contributed by atoms with van der Waals surface area (Å²) in [4.78, 5) is 13.8. The van der Waals surface area contributed by atoms with Gasteiger partial charge in [-0.1, -0.05) is 36.7 Å². The molecular weight excluding hydrogens is 234 g/mol. The van der Waals surface area contributed by atoms with Crippen LogP contribution >= 0.6 is 11.6 Å². The number of carbonyl (C=O) groups is 1. The first-order chi connectivity index (χ1) is 8.02. The predicted octanol–water partition coefficient (Wildman–Crippen LogP) is 4.08. The number of rotatable bonds is 3. The van der Waals surface area contributed by atoms with E-state index in [-0.39, 0.29) is 5.78 Å². The lowest BCUT2D eigenvalue weighted by molar-refractivity contribution is -0.113. The van der Waals surface area contributed by atoms with Gasteiger partial charge in [-0.3, -0.25) is 9.79 Å². The summed E-state index contributed by atoms with van der Waals surface area (Å²) < 4.78 is 0. The third kappa shape index (κ3) is 6.69. The number of Topliss-reactive ketones (excluding diaryl/α,β-unsaturated/α-hetero) is 1. The van der Waals surface area contributed by atoms with E-state index >= 15 is 0 Å². The van der Waals surface area contributed by atoms with E-state index in [1.807, 2.05) is 24.3 Å². The molecule has 0 unspecified atom stereocenters. The van der Waals surface area contributed by atoms with Crippen molar-refractivity contribution >= 4 is 24.1 Å². The van der Waals surface area contributed by atoms with E-state index in [4.69, 9.17) is 11.6 Å². The fourth-order valence-electron chi connectivity index (χ4n) is 1.01. The molecule has 3 heteroatoms. The van der Waals surface area contributed by atoms with Crippen molar-refractivity contribution < 1.29 is 4.79 Å². The molecule has 0 saturated carbocycles. The zero-order chi connectivity index (χ0) is 13.3. The van der Waals surface area contributed by atoms with Crippen molar-refractivity contribution in [1.82, 2.24) is 0 Å². The topological polar surface area (TPSA) is 29.4 Å². The van der Waals surface area contributed by atoms with Gasteiger partial charge in [0.2, 0.25) is 0 Å². The van der Waals surface area contributed by atoms with Gasteiger partial charge in [0.15, 0.2) is 5.78 Å². The maximum absolute atomic E-state index is 10.4. The summed E-state index contributed by atoms with van der Waals surface area (Å²) in [7, 11) is 0. The summed E-state index contributed by atoms with van der Waals surface area (Å²) >= 11 is 5.82. The smallest absolute Gasteiger partial charge is 0.157 e. The number of ketones is 1. The van der Waals surface area contributed by atoms with Gasteiger partial charge in [-0.15, -0.1) is 0 Å². The van der Waals surface area contributed by atoms with Crippen LogP contribution in [0.25, 0.3) is 0 Å². The molecule has 0 heterocycles. The number of allylic oxidation sites excluding steroid dienone is 1. The van der Waals surface area contributed by atoms with E-state index in [9.17, 15) is 4.79 Å². The number of hydrogen-bond acceptors (Lipinski definition) is 2. The second-order valence-electron chi connectivity index (χ2n) is 3.50. The minimum Gasteiger partial charge on any atom is -0.295 e. The lowest BCUT2D eigenvalue weighted by Crippen LogP contribution is -1.89. The van der Waals surface area contributed by atoms with Crippen LogP contribution in [0.1, 0.15) is 26.3 Å². The fourth-order valence-corrected chi connectivity index (χ4v) is 1.28. The van der Waals surface area contributed by atoms with Crippen molar-refractivity contribution in [3.05, 3.63) is 46.6 Å². The van der Waals surface area contributed by atoms with Gasteiger partial charge in [0.25, 0.3) is 0 Å². The molecule has 0 fully saturated rings. The molecule has 0 N–H and O–H groups in total. The molecule has 0 bridgehead atoms. The summed E-state index contributed by atoms with van der Waals surface area (Å²) in [5, 5.41) is 0.875. The maximum Gasteiger partial charge on any atom is 0.157 e. The largest absolute Gasteiger partial charge is 0.295 e. The van der Waals surface area contributed by atoms with E-state index in [1.165, 1.54) is 18.7 Å². The molecule has 0 aliphatic carbocycles. The van der Waals surface area contributed by atoms with Crippen molar-refractivity contribution in [3.8, 4) is 0 Å². The first kappa shape index (κ1) is 15.6. The minimum atomic E-state index is 0.0393. The van der Waals surface area contributed by atoms with Crippen LogP contribution in [0.5, 0.6) is 0 Å². The van der Waals surface area contributed by atoms with Gasteiger partial charge in [-0.25, -0.2) is 0 Å². The third-order valence-electron chi connectivity index (χ3n) is 2.18. The molecule has 0 atom stereocenters. The monoisotopic (exact) mass is 251 g/mol. The Hall–Kier alpha value is -1.41. The average Bonchev–Trinajstić information content (AvgIpc) is 2.31. The first-order valence-corrected chi connectivity index (χ1v) is 5.77. The van der Waals surface area contributed by atoms with Crippen molar-refractivity contribution in [3.63, 3.8) is 0 Å². The average molecular weight is 252 g/mol. The van der Waals surface area contributed by atoms with Gasteiger partial charge >= 0.3 is 0 Å². The first-order valence-electron chi connectivity index (χ1n) is 5.39. The quantitative estimate of drug-likeness (QED) is 0.588. The van der Waals surface area contributed by atoms with Crippen LogP contribution in [0.3, 0.4) is 0 Å². The molecule has 17 heavy (non-hydrogen) atoms. The Bertz CT molecular complexity index is 410. The number of hydrogen-bond donors (Lipinski definition) is 0. The van der Waals surface area contributed by atoms with Crippen LogP contribution in [0.4, 0.5) is 0 Å². The van der Waals surface area contributed by atoms with Crippen LogP contribution in [0.2, 0.25) is 5.02 Å². The summed E-state index contributed by atoms with van der Waals surface area (Å²) in [5.74, 6) is 0.0393. The molecule has 92 valence electrons. The van der Waals surface area contributed by atoms with Gasteiger partial charge in [0, 0.05) is 16.8 Å². The minimum absolute atomic E-state index is 0.0393. The van der Waals surface area contributed by atoms with E-state index in [0.29, 0.717) is 5.57 Å². The standard InChI is InChI=1S/C8H9Cl.C6H9NO/c1-2-7-5-3-4-6-8(7)9;1-5(4-7-3)6(2)8/h3-6H,2H2,1H3;4H,3H2,1-2H3/b;5-4+. The second-order valence-corrected chi connectivity index (χ2v) is 3.90. The van der Waals surface area contributed by atoms with Gasteiger partial charge in [0.05, 0.1) is 0 Å². The highest BCUT2D eigenvalue weighted by Gasteiger charge is 1.92. The van der Waals surface area contributed by atoms with Crippen molar-refractivity contribution in [2.45, 2.75) is 27.2 Å². The Morgan fingerprint density at radius 2 is 2.00 bits per heavy atom. The van der Waals surface area contributed by atoms with Crippen LogP contribution in [0.15, 0.2) is 41.0 Å². The molecule has 0 spiro atoms. The molecule has 1 rings (SSSR count). The number of carbonyl (C=O) groups excluding carboxylic acids is 1. The Balaban J connectivity index is 0.000000304. The highest BCUT2D eigenvalue weighted by Crippen LogP contribution is 2.14. The maximum atomic E-state index is 10.4. The SMILES string of the molecule is C=N/C=C(\C)C(C)=O.CCc1ccccc1Cl. The lowest BCUT2D eigenvalue weighted by atomic mass is 10.2. The van der Waals surface area contributed by atoms with Crippen LogP contribution in [0, 0.1) is 0 Å². The summed E-state index contributed by atoms with van der Waals surface area (Å²) in [5.41, 5.74) is 1.86. The Labute approximate surface area is 108 Å². The van der Waals surface area contributed by atoms with Crippen molar-refractivity contribution in [1.29, 1.82) is 0 Å². The van der Waals surface area contributed by atoms with Gasteiger partial charge < -0.3 is 0 Å². The normalized spacial score (nSPS) is 10.2. The van der Waals surface area contributed by atoms with Gasteiger partial charge in [-0.05, 0) is 38.6 Å². The molecule has 0 aliphatic heterocycles. The third-order valence-corrected chi connectivity index (χ3v) is 2.55. The lowest BCUT2D eigenvalue weighted by Gasteiger charge is -1.96. The van der Waals surface area contributed by atoms with Crippen molar-refractivity contribution in [2.24, 2.45) is 4.99 Å². The van der Waals surface area contributed by atoms with Gasteiger partial charge in [0.1, 0.15) is 0 Å². The zero-order valence-electron chi connectivity index (χ0n) is 10.5. The summed E-state index contributed by atoms with van der Waals surface area (Å²) in [6.07, 6.45) is 2.46. The molecule has 0 radical (unpaired) electrons. The fraction of sp³-hybridized carbons (Fsp3) is 0.286. The van der Waals surface area contributed by atoms with Crippen LogP contribution in [-0.2, 0) is 11.2 Å². The highest BCUT2D eigenvalue weighted by atomic mass is 35.5. The highest BCUT2D eigenvalue weighted by molar-refractivity contribution is 6.31. The molecule has 0 saturated heterocycles. The Morgan fingerprint density at radius 1 is 1.41 bits per heavy atom. The van der Waals surface area contributed by atoms with Crippen LogP contribution < -0.4 is 0 Å². The molecular formula is C14H18ClNO. The summed E-state index contributed by atoms with van der Waals surface area (Å²) in [6.45, 7) is 8.51. The van der Waals surface area contributed by atoms with Gasteiger partial charge in [-0.2, -0.15) is 0 Å². The Kier molecular flexibility index (Phi) is 7.99. The van der Waals surface area contributed by atoms with Crippen LogP contribution in [-0.4, -0.2) is 12.5 Å². The summed E-state index contributed by atoms with van der Waals surface area (Å²) in [6, 6.07) is 7.91. The molecule has 0 amide bonds. The molecule has 0 aromatic heterocycles. The Morgan fingerprint density at radius 3 is 2.29 bits per heavy atom. The van der Waals surface area contributed by atoms with E-state index < -0.39 is 0 Å². The van der Waals surface area contributed by atoms with E-state index in [2.05, 4.69) is 18.6 Å². The van der Waals surface area contributed by atoms with Crippen molar-refractivity contribution in [2.75, 3.05) is 0 Å². The van der Waals surface area contributed by atoms with E-state index in [1.54, 1.807) is 6.92 Å². The molecule has 0 aliphatic rings. The number of aryl methyl sites for hydroxylation is 1. The number of halogens is 1. The number of aliphatic imine (C=N–C) groups is 1. The molecule has 2 nitrogen and oxygen atoms in total. The zero-order valence-corrected chi connectivity index (χ0v) is 11.3. The number of nitrogens with zero attached hydrogens (tertiary/aromatic N) is 1. The number of benzene rings is 1.